The van der Waals surface area contributed by atoms with Gasteiger partial charge in [0.15, 0.2) is 0 Å². The lowest BCUT2D eigenvalue weighted by atomic mass is 9.85. The predicted octanol–water partition coefficient (Wildman–Crippen LogP) is 2.83. The number of carboxylic acids is 1. The zero-order valence-corrected chi connectivity index (χ0v) is 10.6. The summed E-state index contributed by atoms with van der Waals surface area (Å²) in [5.41, 5.74) is 3.11. The smallest absolute Gasteiger partial charge is 0.309 e. The van der Waals surface area contributed by atoms with Crippen LogP contribution in [0.1, 0.15) is 31.4 Å². The molecule has 0 fully saturated rings. The summed E-state index contributed by atoms with van der Waals surface area (Å²) < 4.78 is 0. The van der Waals surface area contributed by atoms with E-state index in [4.69, 9.17) is 5.11 Å². The molecular weight excluding hydrogens is 214 g/mol. The highest BCUT2D eigenvalue weighted by molar-refractivity contribution is 5.74. The van der Waals surface area contributed by atoms with E-state index >= 15 is 0 Å². The molecule has 1 aliphatic rings. The summed E-state index contributed by atoms with van der Waals surface area (Å²) in [4.78, 5) is 11.1. The number of nitrogens with one attached hydrogen (secondary N) is 1. The normalized spacial score (nSPS) is 18.6. The van der Waals surface area contributed by atoms with E-state index < -0.39 is 11.4 Å². The summed E-state index contributed by atoms with van der Waals surface area (Å²) in [5, 5.41) is 12.6. The molecule has 0 aliphatic carbocycles. The van der Waals surface area contributed by atoms with Crippen LogP contribution in [0.5, 0.6) is 0 Å². The second kappa shape index (κ2) is 4.06. The predicted molar refractivity (Wildman–Crippen MR) is 68.3 cm³/mol. The number of carboxylic acid groups (broad SMARTS) is 1. The third-order valence-electron chi connectivity index (χ3n) is 3.56. The third kappa shape index (κ3) is 2.28. The van der Waals surface area contributed by atoms with Crippen LogP contribution in [0.3, 0.4) is 0 Å². The maximum absolute atomic E-state index is 11.1. The summed E-state index contributed by atoms with van der Waals surface area (Å²) in [7, 11) is 0. The lowest BCUT2D eigenvalue weighted by Gasteiger charge is -2.23. The van der Waals surface area contributed by atoms with Gasteiger partial charge in [-0.3, -0.25) is 4.79 Å². The van der Waals surface area contributed by atoms with Crippen LogP contribution in [0.4, 0.5) is 5.69 Å². The van der Waals surface area contributed by atoms with E-state index in [-0.39, 0.29) is 6.04 Å². The highest BCUT2D eigenvalue weighted by Crippen LogP contribution is 2.34. The van der Waals surface area contributed by atoms with Gasteiger partial charge < -0.3 is 10.4 Å². The van der Waals surface area contributed by atoms with E-state index in [2.05, 4.69) is 24.4 Å². The molecule has 0 saturated carbocycles. The molecule has 2 N–H and O–H groups in total. The van der Waals surface area contributed by atoms with Gasteiger partial charge in [0.05, 0.1) is 5.41 Å². The summed E-state index contributed by atoms with van der Waals surface area (Å²) >= 11 is 0. The summed E-state index contributed by atoms with van der Waals surface area (Å²) in [5.74, 6) is -0.730. The minimum absolute atomic E-state index is 0.234. The summed E-state index contributed by atoms with van der Waals surface area (Å²) in [6.07, 6.45) is 1.58. The van der Waals surface area contributed by atoms with Gasteiger partial charge in [-0.1, -0.05) is 12.1 Å². The number of hydrogen-bond acceptors (Lipinski definition) is 2. The standard InChI is InChI=1S/C14H19NO2/c1-9-5-4-6-12-11(9)7-10(15-12)8-14(2,3)13(16)17/h4-6,10,15H,7-8H2,1-3H3,(H,16,17). The highest BCUT2D eigenvalue weighted by atomic mass is 16.4. The average molecular weight is 233 g/mol. The van der Waals surface area contributed by atoms with Crippen molar-refractivity contribution in [3.63, 3.8) is 0 Å². The number of anilines is 1. The van der Waals surface area contributed by atoms with Crippen LogP contribution in [0, 0.1) is 12.3 Å². The van der Waals surface area contributed by atoms with E-state index in [0.717, 1.165) is 12.1 Å². The van der Waals surface area contributed by atoms with Gasteiger partial charge in [0.25, 0.3) is 0 Å². The molecule has 3 heteroatoms. The Labute approximate surface area is 102 Å². The van der Waals surface area contributed by atoms with Gasteiger partial charge in [0.1, 0.15) is 0 Å². The molecule has 0 amide bonds. The van der Waals surface area contributed by atoms with Crippen LogP contribution < -0.4 is 5.32 Å². The quantitative estimate of drug-likeness (QED) is 0.844. The van der Waals surface area contributed by atoms with Gasteiger partial charge >= 0.3 is 5.97 Å². The van der Waals surface area contributed by atoms with Crippen molar-refractivity contribution in [1.29, 1.82) is 0 Å². The van der Waals surface area contributed by atoms with Gasteiger partial charge in [-0.15, -0.1) is 0 Å². The van der Waals surface area contributed by atoms with Crippen molar-refractivity contribution < 1.29 is 9.90 Å². The maximum Gasteiger partial charge on any atom is 0.309 e. The minimum atomic E-state index is -0.730. The molecule has 1 aromatic rings. The molecule has 1 atom stereocenters. The molecule has 3 nitrogen and oxygen atoms in total. The number of carbonyl (C=O) groups is 1. The van der Waals surface area contributed by atoms with E-state index in [1.54, 1.807) is 13.8 Å². The minimum Gasteiger partial charge on any atom is -0.481 e. The van der Waals surface area contributed by atoms with E-state index in [1.165, 1.54) is 11.1 Å². The number of hydrogen-bond donors (Lipinski definition) is 2. The van der Waals surface area contributed by atoms with Crippen LogP contribution in [-0.4, -0.2) is 17.1 Å². The molecule has 1 heterocycles. The van der Waals surface area contributed by atoms with Crippen LogP contribution in [0.15, 0.2) is 18.2 Å². The monoisotopic (exact) mass is 233 g/mol. The number of benzene rings is 1. The van der Waals surface area contributed by atoms with E-state index in [1.807, 2.05) is 6.07 Å². The largest absolute Gasteiger partial charge is 0.481 e. The molecule has 0 radical (unpaired) electrons. The fourth-order valence-corrected chi connectivity index (χ4v) is 2.45. The molecule has 1 aromatic carbocycles. The first-order valence-corrected chi connectivity index (χ1v) is 5.98. The maximum atomic E-state index is 11.1. The van der Waals surface area contributed by atoms with Crippen LogP contribution in [0.2, 0.25) is 0 Å². The SMILES string of the molecule is Cc1cccc2c1CC(CC(C)(C)C(=O)O)N2. The molecule has 17 heavy (non-hydrogen) atoms. The van der Waals surface area contributed by atoms with E-state index in [9.17, 15) is 4.79 Å². The van der Waals surface area contributed by atoms with Crippen LogP contribution >= 0.6 is 0 Å². The van der Waals surface area contributed by atoms with Gasteiger partial charge in [-0.25, -0.2) is 0 Å². The van der Waals surface area contributed by atoms with E-state index in [0.29, 0.717) is 6.42 Å². The Morgan fingerprint density at radius 1 is 1.53 bits per heavy atom. The molecule has 1 aliphatic heterocycles. The molecule has 0 aromatic heterocycles. The van der Waals surface area contributed by atoms with Crippen molar-refractivity contribution in [2.45, 2.75) is 39.7 Å². The Bertz CT molecular complexity index is 452. The third-order valence-corrected chi connectivity index (χ3v) is 3.56. The van der Waals surface area contributed by atoms with Gasteiger partial charge in [-0.05, 0) is 50.8 Å². The van der Waals surface area contributed by atoms with Gasteiger partial charge in [0, 0.05) is 11.7 Å². The van der Waals surface area contributed by atoms with Crippen molar-refractivity contribution in [1.82, 2.24) is 0 Å². The Balaban J connectivity index is 2.11. The van der Waals surface area contributed by atoms with Crippen molar-refractivity contribution in [3.05, 3.63) is 29.3 Å². The lowest BCUT2D eigenvalue weighted by Crippen LogP contribution is -2.31. The van der Waals surface area contributed by atoms with Crippen molar-refractivity contribution in [2.24, 2.45) is 5.41 Å². The Morgan fingerprint density at radius 2 is 2.24 bits per heavy atom. The molecule has 2 rings (SSSR count). The molecule has 92 valence electrons. The first-order chi connectivity index (χ1) is 7.90. The summed E-state index contributed by atoms with van der Waals surface area (Å²) in [6.45, 7) is 5.67. The molecule has 0 bridgehead atoms. The highest BCUT2D eigenvalue weighted by Gasteiger charge is 2.33. The number of aryl methyl sites for hydroxylation is 1. The number of fused-ring (bicyclic) bond motifs is 1. The van der Waals surface area contributed by atoms with Crippen molar-refractivity contribution >= 4 is 11.7 Å². The van der Waals surface area contributed by atoms with Crippen LogP contribution in [-0.2, 0) is 11.2 Å². The Morgan fingerprint density at radius 3 is 2.82 bits per heavy atom. The number of aliphatic carboxylic acids is 1. The molecule has 0 spiro atoms. The first-order valence-electron chi connectivity index (χ1n) is 5.98. The molecular formula is C14H19NO2. The second-order valence-electron chi connectivity index (χ2n) is 5.54. The fourth-order valence-electron chi connectivity index (χ4n) is 2.45. The topological polar surface area (TPSA) is 49.3 Å². The van der Waals surface area contributed by atoms with Crippen LogP contribution in [0.25, 0.3) is 0 Å². The fraction of sp³-hybridized carbons (Fsp3) is 0.500. The lowest BCUT2D eigenvalue weighted by molar-refractivity contribution is -0.147. The Hall–Kier alpha value is -1.51. The molecule has 0 saturated heterocycles. The number of rotatable bonds is 3. The second-order valence-corrected chi connectivity index (χ2v) is 5.54. The Kier molecular flexibility index (Phi) is 2.86. The van der Waals surface area contributed by atoms with Crippen molar-refractivity contribution in [3.8, 4) is 0 Å². The van der Waals surface area contributed by atoms with Gasteiger partial charge in [0.2, 0.25) is 0 Å². The van der Waals surface area contributed by atoms with Gasteiger partial charge in [-0.2, -0.15) is 0 Å². The van der Waals surface area contributed by atoms with Crippen molar-refractivity contribution in [2.75, 3.05) is 5.32 Å². The zero-order valence-electron chi connectivity index (χ0n) is 10.6. The average Bonchev–Trinajstić information content (AvgIpc) is 2.60. The molecule has 1 unspecified atom stereocenters. The zero-order chi connectivity index (χ0) is 12.6. The first kappa shape index (κ1) is 12.0. The summed E-state index contributed by atoms with van der Waals surface area (Å²) in [6, 6.07) is 6.44.